The number of allylic oxidation sites excluding steroid dienone is 2. The Morgan fingerprint density at radius 1 is 1.45 bits per heavy atom. The molecule has 0 radical (unpaired) electrons. The van der Waals surface area contributed by atoms with Crippen LogP contribution in [-0.4, -0.2) is 16.4 Å². The van der Waals surface area contributed by atoms with Crippen LogP contribution in [0.4, 0.5) is 0 Å². The van der Waals surface area contributed by atoms with E-state index in [9.17, 15) is 0 Å². The maximum Gasteiger partial charge on any atom is 0.308 e. The fraction of sp³-hybridized carbons (Fsp3) is 0. The number of rotatable bonds is 0. The van der Waals surface area contributed by atoms with Crippen LogP contribution in [0, 0.1) is 0 Å². The van der Waals surface area contributed by atoms with Crippen LogP contribution < -0.4 is 0 Å². The van der Waals surface area contributed by atoms with E-state index >= 15 is 0 Å². The van der Waals surface area contributed by atoms with Gasteiger partial charge in [-0.25, -0.2) is 0 Å². The highest BCUT2D eigenvalue weighted by atomic mass is 35.5. The van der Waals surface area contributed by atoms with Gasteiger partial charge in [0, 0.05) is 11.2 Å². The summed E-state index contributed by atoms with van der Waals surface area (Å²) in [6.45, 7) is 0. The third-order valence-electron chi connectivity index (χ3n) is 1.23. The molecule has 2 aliphatic heterocycles. The predicted molar refractivity (Wildman–Crippen MR) is 44.6 cm³/mol. The highest BCUT2D eigenvalue weighted by Gasteiger charge is 2.29. The Balaban J connectivity index is 2.45. The first-order valence-electron chi connectivity index (χ1n) is 2.85. The summed E-state index contributed by atoms with van der Waals surface area (Å²) >= 11 is 11.4. The first-order valence-corrected chi connectivity index (χ1v) is 3.61. The predicted octanol–water partition coefficient (Wildman–Crippen LogP) is 1.74. The Morgan fingerprint density at radius 3 is 3.09 bits per heavy atom. The molecule has 0 aromatic rings. The molecule has 0 saturated heterocycles. The van der Waals surface area contributed by atoms with Crippen LogP contribution in [0.2, 0.25) is 0 Å². The fourth-order valence-electron chi connectivity index (χ4n) is 0.795. The molecule has 11 heavy (non-hydrogen) atoms. The summed E-state index contributed by atoms with van der Waals surface area (Å²) in [5, 5.41) is 6.04. The maximum atomic E-state index is 5.76. The second kappa shape index (κ2) is 2.31. The Kier molecular flexibility index (Phi) is 1.43. The topological polar surface area (TPSA) is 28.0 Å². The molecule has 2 heterocycles. The summed E-state index contributed by atoms with van der Waals surface area (Å²) in [7, 11) is 0. The van der Waals surface area contributed by atoms with Crippen LogP contribution in [0.25, 0.3) is 0 Å². The first-order chi connectivity index (χ1) is 5.27. The lowest BCUT2D eigenvalue weighted by Gasteiger charge is -2.08. The smallest absolute Gasteiger partial charge is 0.119 e. The van der Waals surface area contributed by atoms with Gasteiger partial charge in [0.1, 0.15) is 0 Å². The first kappa shape index (κ1) is 6.80. The molecular formula is C6H2Cl2N3+. The zero-order valence-electron chi connectivity index (χ0n) is 5.25. The maximum absolute atomic E-state index is 5.76. The Morgan fingerprint density at radius 2 is 2.27 bits per heavy atom. The minimum absolute atomic E-state index is 0.358. The molecule has 3 nitrogen and oxygen atoms in total. The van der Waals surface area contributed by atoms with E-state index in [0.717, 1.165) is 0 Å². The van der Waals surface area contributed by atoms with Crippen LogP contribution in [0.1, 0.15) is 0 Å². The van der Waals surface area contributed by atoms with Crippen LogP contribution in [0.15, 0.2) is 33.2 Å². The molecule has 0 unspecified atom stereocenters. The zero-order valence-corrected chi connectivity index (χ0v) is 6.76. The molecule has 2 aliphatic rings. The number of hydrazone groups is 1. The van der Waals surface area contributed by atoms with Gasteiger partial charge in [-0.1, -0.05) is 28.2 Å². The van der Waals surface area contributed by atoms with Gasteiger partial charge in [0.25, 0.3) is 0 Å². The standard InChI is InChI=1S/C6H2Cl2N3/c7-4-3-5(8)11-6(10-4)1-2-9-11/h1,3H/q+1. The average Bonchev–Trinajstić information content (AvgIpc) is 2.34. The Bertz CT molecular complexity index is 314. The van der Waals surface area contributed by atoms with E-state index in [1.807, 2.05) is 0 Å². The van der Waals surface area contributed by atoms with Gasteiger partial charge in [-0.3, -0.25) is 0 Å². The molecule has 2 rings (SSSR count). The van der Waals surface area contributed by atoms with E-state index in [-0.39, 0.29) is 0 Å². The van der Waals surface area contributed by atoms with Crippen molar-refractivity contribution in [2.24, 2.45) is 10.1 Å². The largest absolute Gasteiger partial charge is 0.308 e. The van der Waals surface area contributed by atoms with E-state index in [4.69, 9.17) is 23.2 Å². The summed E-state index contributed by atoms with van der Waals surface area (Å²) < 4.78 is 0. The number of fused-ring (bicyclic) bond motifs is 1. The number of hydrogen-bond donors (Lipinski definition) is 0. The van der Waals surface area contributed by atoms with E-state index in [1.165, 1.54) is 11.1 Å². The normalized spacial score (nSPS) is 20.2. The lowest BCUT2D eigenvalue weighted by molar-refractivity contribution is 0.490. The molecule has 0 aromatic carbocycles. The summed E-state index contributed by atoms with van der Waals surface area (Å²) in [6.07, 6.45) is 5.75. The molecule has 0 fully saturated rings. The zero-order chi connectivity index (χ0) is 7.84. The molecule has 54 valence electrons. The van der Waals surface area contributed by atoms with Gasteiger partial charge in [0.05, 0.1) is 0 Å². The van der Waals surface area contributed by atoms with E-state index in [2.05, 4.69) is 16.3 Å². The van der Waals surface area contributed by atoms with E-state index < -0.39 is 0 Å². The lowest BCUT2D eigenvalue weighted by atomic mass is 10.5. The average molecular weight is 187 g/mol. The van der Waals surface area contributed by atoms with Crippen molar-refractivity contribution < 1.29 is 0 Å². The van der Waals surface area contributed by atoms with Crippen molar-refractivity contribution in [1.29, 1.82) is 0 Å². The molecule has 5 heteroatoms. The highest BCUT2D eigenvalue weighted by Crippen LogP contribution is 2.25. The van der Waals surface area contributed by atoms with E-state index in [1.54, 1.807) is 6.08 Å². The van der Waals surface area contributed by atoms with Crippen molar-refractivity contribution in [3.8, 4) is 0 Å². The molecule has 0 saturated carbocycles. The fourth-order valence-corrected chi connectivity index (χ4v) is 1.27. The lowest BCUT2D eigenvalue weighted by Crippen LogP contribution is -2.13. The molecule has 0 spiro atoms. The number of aliphatic imine (C=N–C) groups is 1. The number of hydrogen-bond acceptors (Lipinski definition) is 3. The second-order valence-corrected chi connectivity index (χ2v) is 2.72. The Labute approximate surface area is 73.3 Å². The summed E-state index contributed by atoms with van der Waals surface area (Å²) in [6, 6.07) is 0. The highest BCUT2D eigenvalue weighted by molar-refractivity contribution is 6.69. The third-order valence-corrected chi connectivity index (χ3v) is 1.69. The van der Waals surface area contributed by atoms with Crippen molar-refractivity contribution in [3.63, 3.8) is 0 Å². The van der Waals surface area contributed by atoms with Crippen molar-refractivity contribution in [3.05, 3.63) is 23.1 Å². The molecule has 0 N–H and O–H groups in total. The van der Waals surface area contributed by atoms with Gasteiger partial charge < -0.3 is 0 Å². The quantitative estimate of drug-likeness (QED) is 0.419. The van der Waals surface area contributed by atoms with E-state index in [0.29, 0.717) is 16.1 Å². The summed E-state index contributed by atoms with van der Waals surface area (Å²) in [4.78, 5) is 3.95. The number of halogens is 2. The van der Waals surface area contributed by atoms with Crippen molar-refractivity contribution in [2.75, 3.05) is 0 Å². The van der Waals surface area contributed by atoms with Gasteiger partial charge in [-0.05, 0) is 0 Å². The summed E-state index contributed by atoms with van der Waals surface area (Å²) in [5.41, 5.74) is 0. The van der Waals surface area contributed by atoms with Crippen molar-refractivity contribution in [1.82, 2.24) is 5.01 Å². The minimum Gasteiger partial charge on any atom is -0.119 e. The van der Waals surface area contributed by atoms with Crippen LogP contribution in [0.3, 0.4) is 0 Å². The van der Waals surface area contributed by atoms with Crippen LogP contribution in [0.5, 0.6) is 0 Å². The van der Waals surface area contributed by atoms with Crippen LogP contribution >= 0.6 is 23.2 Å². The van der Waals surface area contributed by atoms with Crippen molar-refractivity contribution in [2.45, 2.75) is 0 Å². The van der Waals surface area contributed by atoms with Gasteiger partial charge >= 0.3 is 5.82 Å². The van der Waals surface area contributed by atoms with Crippen molar-refractivity contribution >= 4 is 34.6 Å². The molecule has 0 atom stereocenters. The third kappa shape index (κ3) is 1.03. The molecular weight excluding hydrogens is 185 g/mol. The molecule has 0 bridgehead atoms. The van der Waals surface area contributed by atoms with Gasteiger partial charge in [0.15, 0.2) is 10.3 Å². The SMILES string of the molecule is ClC1=CC(Cl)=NC2=C[C+]=NN12. The van der Waals surface area contributed by atoms with Gasteiger partial charge in [-0.15, -0.1) is 4.99 Å². The molecule has 0 amide bonds. The molecule has 0 aliphatic carbocycles. The molecule has 0 aromatic heterocycles. The van der Waals surface area contributed by atoms with Gasteiger partial charge in [-0.2, -0.15) is 0 Å². The minimum atomic E-state index is 0.358. The monoisotopic (exact) mass is 186 g/mol. The van der Waals surface area contributed by atoms with Gasteiger partial charge in [0.2, 0.25) is 12.3 Å². The van der Waals surface area contributed by atoms with Crippen LogP contribution in [-0.2, 0) is 0 Å². The number of nitrogens with zero attached hydrogens (tertiary/aromatic N) is 3. The Hall–Kier alpha value is -0.890. The second-order valence-electron chi connectivity index (χ2n) is 1.95. The summed E-state index contributed by atoms with van der Waals surface area (Å²) in [5.74, 6) is 0.600.